The van der Waals surface area contributed by atoms with Crippen LogP contribution in [0.2, 0.25) is 0 Å². The molecule has 110 valence electrons. The average molecular weight is 294 g/mol. The highest BCUT2D eigenvalue weighted by atomic mass is 19.1. The second-order valence-corrected chi connectivity index (χ2v) is 5.14. The lowest BCUT2D eigenvalue weighted by atomic mass is 10.0. The fraction of sp³-hybridized carbons (Fsp3) is 0.100. The maximum Gasteiger partial charge on any atom is 0.131 e. The van der Waals surface area contributed by atoms with E-state index in [4.69, 9.17) is 4.11 Å². The van der Waals surface area contributed by atoms with Crippen molar-refractivity contribution in [2.45, 2.75) is 6.85 Å². The largest absolute Gasteiger partial charge is 0.345 e. The Balaban J connectivity index is 1.94. The van der Waals surface area contributed by atoms with Crippen molar-refractivity contribution in [3.05, 3.63) is 84.2 Å². The summed E-state index contributed by atoms with van der Waals surface area (Å²) in [6, 6.07) is 21.0. The zero-order valence-corrected chi connectivity index (χ0v) is 12.3. The van der Waals surface area contributed by atoms with E-state index in [-0.39, 0.29) is 5.82 Å². The van der Waals surface area contributed by atoms with Crippen LogP contribution in [0.15, 0.2) is 72.8 Å². The van der Waals surface area contributed by atoms with E-state index in [0.29, 0.717) is 11.1 Å². The Labute approximate surface area is 134 Å². The molecule has 0 unspecified atom stereocenters. The first kappa shape index (κ1) is 11.0. The molecule has 0 radical (unpaired) electrons. The molecule has 0 fully saturated rings. The van der Waals surface area contributed by atoms with Crippen molar-refractivity contribution in [2.75, 3.05) is 11.9 Å². The molecule has 0 heterocycles. The molecule has 0 aliphatic carbocycles. The zero-order chi connectivity index (χ0) is 18.0. The van der Waals surface area contributed by atoms with Crippen LogP contribution in [0, 0.1) is 12.7 Å². The second-order valence-electron chi connectivity index (χ2n) is 5.14. The number of nitrogens with zero attached hydrogens (tertiary/aromatic N) is 1. The van der Waals surface area contributed by atoms with Gasteiger partial charge >= 0.3 is 0 Å². The minimum absolute atomic E-state index is 0.277. The predicted octanol–water partition coefficient (Wildman–Crippen LogP) is 5.57. The van der Waals surface area contributed by atoms with Crippen LogP contribution in [0.4, 0.5) is 15.8 Å². The minimum Gasteiger partial charge on any atom is -0.345 e. The van der Waals surface area contributed by atoms with E-state index in [1.807, 2.05) is 42.3 Å². The molecule has 3 aromatic rings. The lowest BCUT2D eigenvalue weighted by Crippen LogP contribution is -2.09. The van der Waals surface area contributed by atoms with Gasteiger partial charge in [0.1, 0.15) is 5.82 Å². The summed E-state index contributed by atoms with van der Waals surface area (Å²) in [5, 5.41) is 0. The third-order valence-corrected chi connectivity index (χ3v) is 3.68. The summed E-state index contributed by atoms with van der Waals surface area (Å²) in [6.45, 7) is -2.12. The molecule has 1 nitrogen and oxygen atoms in total. The molecule has 0 saturated heterocycles. The fourth-order valence-electron chi connectivity index (χ4n) is 2.39. The Morgan fingerprint density at radius 2 is 1.55 bits per heavy atom. The first-order valence-corrected chi connectivity index (χ1v) is 7.05. The van der Waals surface area contributed by atoms with Crippen molar-refractivity contribution in [3.8, 4) is 11.1 Å². The molecule has 22 heavy (non-hydrogen) atoms. The Bertz CT molecular complexity index is 858. The molecular weight excluding hydrogens is 273 g/mol. The average Bonchev–Trinajstić information content (AvgIpc) is 2.62. The van der Waals surface area contributed by atoms with Crippen LogP contribution in [-0.4, -0.2) is 7.05 Å². The SMILES string of the molecule is [2H]C([2H])([2H])c1ccc(N(C)c2ccc(F)c(-c3ccccc3)c2)cc1. The summed E-state index contributed by atoms with van der Waals surface area (Å²) in [5.41, 5.74) is 3.30. The summed E-state index contributed by atoms with van der Waals surface area (Å²) in [4.78, 5) is 1.90. The van der Waals surface area contributed by atoms with Crippen molar-refractivity contribution in [1.82, 2.24) is 0 Å². The Kier molecular flexibility index (Phi) is 3.02. The quantitative estimate of drug-likeness (QED) is 0.610. The van der Waals surface area contributed by atoms with E-state index in [1.165, 1.54) is 6.07 Å². The Hall–Kier alpha value is -2.61. The molecule has 3 aromatic carbocycles. The van der Waals surface area contributed by atoms with Crippen molar-refractivity contribution >= 4 is 11.4 Å². The van der Waals surface area contributed by atoms with Crippen LogP contribution in [-0.2, 0) is 0 Å². The zero-order valence-electron chi connectivity index (χ0n) is 15.3. The number of anilines is 2. The number of hydrogen-bond donors (Lipinski definition) is 0. The fourth-order valence-corrected chi connectivity index (χ4v) is 2.39. The van der Waals surface area contributed by atoms with E-state index in [1.54, 1.807) is 36.4 Å². The van der Waals surface area contributed by atoms with Crippen LogP contribution in [0.5, 0.6) is 0 Å². The molecule has 0 spiro atoms. The molecule has 3 rings (SSSR count). The van der Waals surface area contributed by atoms with E-state index in [0.717, 1.165) is 16.9 Å². The number of aryl methyl sites for hydroxylation is 1. The highest BCUT2D eigenvalue weighted by Crippen LogP contribution is 2.30. The first-order valence-electron chi connectivity index (χ1n) is 8.55. The van der Waals surface area contributed by atoms with Gasteiger partial charge in [0, 0.05) is 28.1 Å². The highest BCUT2D eigenvalue weighted by Gasteiger charge is 2.09. The molecule has 0 aliphatic rings. The normalized spacial score (nSPS) is 13.1. The van der Waals surface area contributed by atoms with Gasteiger partial charge in [0.2, 0.25) is 0 Å². The van der Waals surface area contributed by atoms with Gasteiger partial charge < -0.3 is 4.90 Å². The molecule has 0 atom stereocenters. The second kappa shape index (κ2) is 6.02. The van der Waals surface area contributed by atoms with Gasteiger partial charge in [-0.3, -0.25) is 0 Å². The van der Waals surface area contributed by atoms with Gasteiger partial charge in [0.25, 0.3) is 0 Å². The van der Waals surface area contributed by atoms with Gasteiger partial charge in [-0.1, -0.05) is 48.0 Å². The van der Waals surface area contributed by atoms with E-state index in [2.05, 4.69) is 0 Å². The summed E-state index contributed by atoms with van der Waals surface area (Å²) in [7, 11) is 1.87. The van der Waals surface area contributed by atoms with Crippen LogP contribution in [0.25, 0.3) is 11.1 Å². The first-order chi connectivity index (χ1) is 11.9. The summed E-state index contributed by atoms with van der Waals surface area (Å²) in [6.07, 6.45) is 0. The molecule has 0 aliphatic heterocycles. The molecule has 0 aromatic heterocycles. The number of benzene rings is 3. The monoisotopic (exact) mass is 294 g/mol. The van der Waals surface area contributed by atoms with Crippen molar-refractivity contribution < 1.29 is 8.50 Å². The third-order valence-electron chi connectivity index (χ3n) is 3.68. The van der Waals surface area contributed by atoms with Gasteiger partial charge in [0.15, 0.2) is 0 Å². The summed E-state index contributed by atoms with van der Waals surface area (Å²) < 4.78 is 36.5. The van der Waals surface area contributed by atoms with Crippen molar-refractivity contribution in [3.63, 3.8) is 0 Å². The molecule has 0 amide bonds. The van der Waals surface area contributed by atoms with Gasteiger partial charge in [-0.05, 0) is 42.7 Å². The van der Waals surface area contributed by atoms with Crippen molar-refractivity contribution in [2.24, 2.45) is 0 Å². The van der Waals surface area contributed by atoms with E-state index >= 15 is 0 Å². The maximum absolute atomic E-state index is 14.2. The van der Waals surface area contributed by atoms with Gasteiger partial charge in [-0.25, -0.2) is 4.39 Å². The lowest BCUT2D eigenvalue weighted by Gasteiger charge is -2.21. The highest BCUT2D eigenvalue weighted by molar-refractivity contribution is 5.72. The van der Waals surface area contributed by atoms with Crippen LogP contribution < -0.4 is 4.90 Å². The number of rotatable bonds is 3. The molecule has 0 bridgehead atoms. The van der Waals surface area contributed by atoms with Crippen LogP contribution in [0.3, 0.4) is 0 Å². The maximum atomic E-state index is 14.2. The van der Waals surface area contributed by atoms with Crippen LogP contribution in [0.1, 0.15) is 9.68 Å². The van der Waals surface area contributed by atoms with E-state index in [9.17, 15) is 4.39 Å². The molecule has 0 N–H and O–H groups in total. The summed E-state index contributed by atoms with van der Waals surface area (Å²) >= 11 is 0. The van der Waals surface area contributed by atoms with Gasteiger partial charge in [-0.15, -0.1) is 0 Å². The predicted molar refractivity (Wildman–Crippen MR) is 91.1 cm³/mol. The van der Waals surface area contributed by atoms with Crippen LogP contribution >= 0.6 is 0 Å². The topological polar surface area (TPSA) is 3.24 Å². The van der Waals surface area contributed by atoms with Gasteiger partial charge in [-0.2, -0.15) is 0 Å². The van der Waals surface area contributed by atoms with E-state index < -0.39 is 6.85 Å². The molecule has 0 saturated carbocycles. The minimum atomic E-state index is -2.12. The molecular formula is C20H18FN. The Morgan fingerprint density at radius 3 is 2.23 bits per heavy atom. The van der Waals surface area contributed by atoms with Gasteiger partial charge in [0.05, 0.1) is 0 Å². The standard InChI is InChI=1S/C20H18FN/c1-15-8-10-17(11-9-15)22(2)18-12-13-20(21)19(14-18)16-6-4-3-5-7-16/h3-14H,1-2H3/i1D3. The number of halogens is 1. The Morgan fingerprint density at radius 1 is 0.864 bits per heavy atom. The van der Waals surface area contributed by atoms with Crippen molar-refractivity contribution in [1.29, 1.82) is 0 Å². The number of hydrogen-bond acceptors (Lipinski definition) is 1. The molecule has 2 heteroatoms. The lowest BCUT2D eigenvalue weighted by molar-refractivity contribution is 0.631. The smallest absolute Gasteiger partial charge is 0.131 e. The summed E-state index contributed by atoms with van der Waals surface area (Å²) in [5.74, 6) is -0.277. The third kappa shape index (κ3) is 2.86.